The quantitative estimate of drug-likeness (QED) is 0.0725. The van der Waals surface area contributed by atoms with Crippen LogP contribution in [0.4, 0.5) is 17.1 Å². The van der Waals surface area contributed by atoms with Gasteiger partial charge in [-0.25, -0.2) is 0 Å². The van der Waals surface area contributed by atoms with E-state index in [2.05, 4.69) is 5.32 Å². The highest BCUT2D eigenvalue weighted by molar-refractivity contribution is 6.08. The van der Waals surface area contributed by atoms with Crippen molar-refractivity contribution in [3.8, 4) is 11.5 Å². The second-order valence-electron chi connectivity index (χ2n) is 14.7. The summed E-state index contributed by atoms with van der Waals surface area (Å²) in [5, 5.41) is 34.7. The zero-order valence-electron chi connectivity index (χ0n) is 33.5. The summed E-state index contributed by atoms with van der Waals surface area (Å²) < 4.78 is 11.3. The SMILES string of the molecule is CCOc1ccc2c(c1)CC(NCCCCO)C(=O)N2c1cccc(CN2C(=O)[C@](O)([C@H](C)/C=C/CC(=O)N(CCO)Cc3ccccc3)c3cc(OC)ccc32)c1. The molecule has 0 spiro atoms. The van der Waals surface area contributed by atoms with Gasteiger partial charge in [0.05, 0.1) is 44.3 Å². The summed E-state index contributed by atoms with van der Waals surface area (Å²) in [5.41, 5.74) is 2.98. The fraction of sp³-hybridized carbons (Fsp3) is 0.370. The molecule has 0 aliphatic carbocycles. The molecule has 0 aromatic heterocycles. The van der Waals surface area contributed by atoms with Crippen molar-refractivity contribution in [2.75, 3.05) is 49.8 Å². The van der Waals surface area contributed by atoms with Crippen molar-refractivity contribution in [3.63, 3.8) is 0 Å². The molecule has 12 nitrogen and oxygen atoms in total. The van der Waals surface area contributed by atoms with Gasteiger partial charge in [-0.05, 0) is 98.0 Å². The van der Waals surface area contributed by atoms with Gasteiger partial charge in [-0.2, -0.15) is 0 Å². The Balaban J connectivity index is 1.25. The minimum atomic E-state index is -1.97. The van der Waals surface area contributed by atoms with Crippen LogP contribution in [0, 0.1) is 5.92 Å². The number of fused-ring (bicyclic) bond motifs is 2. The number of hydrogen-bond acceptors (Lipinski definition) is 9. The van der Waals surface area contributed by atoms with Crippen LogP contribution in [0.15, 0.2) is 103 Å². The monoisotopic (exact) mass is 790 g/mol. The molecule has 3 atom stereocenters. The number of carbonyl (C=O) groups is 3. The lowest BCUT2D eigenvalue weighted by Crippen LogP contribution is -2.49. The van der Waals surface area contributed by atoms with Gasteiger partial charge in [0, 0.05) is 43.3 Å². The maximum Gasteiger partial charge on any atom is 0.264 e. The Hall–Kier alpha value is -5.53. The lowest BCUT2D eigenvalue weighted by Gasteiger charge is -2.35. The fourth-order valence-electron chi connectivity index (χ4n) is 7.77. The lowest BCUT2D eigenvalue weighted by atomic mass is 9.83. The molecule has 0 radical (unpaired) electrons. The van der Waals surface area contributed by atoms with Crippen LogP contribution in [-0.4, -0.2) is 84.0 Å². The zero-order valence-corrected chi connectivity index (χ0v) is 33.5. The van der Waals surface area contributed by atoms with E-state index in [1.165, 1.54) is 7.11 Å². The van der Waals surface area contributed by atoms with E-state index in [4.69, 9.17) is 9.47 Å². The predicted octanol–water partition coefficient (Wildman–Crippen LogP) is 5.38. The molecule has 1 unspecified atom stereocenters. The number of aliphatic hydroxyl groups is 3. The number of rotatable bonds is 19. The van der Waals surface area contributed by atoms with Gasteiger partial charge >= 0.3 is 0 Å². The molecule has 12 heteroatoms. The number of hydrogen-bond donors (Lipinski definition) is 4. The van der Waals surface area contributed by atoms with Crippen LogP contribution in [-0.2, 0) is 39.5 Å². The maximum absolute atomic E-state index is 14.5. The number of aliphatic hydroxyl groups excluding tert-OH is 2. The van der Waals surface area contributed by atoms with Crippen LogP contribution in [0.5, 0.6) is 11.5 Å². The van der Waals surface area contributed by atoms with Gasteiger partial charge in [0.25, 0.3) is 5.91 Å². The van der Waals surface area contributed by atoms with Crippen LogP contribution in [0.2, 0.25) is 0 Å². The molecule has 58 heavy (non-hydrogen) atoms. The molecule has 0 saturated heterocycles. The maximum atomic E-state index is 14.5. The summed E-state index contributed by atoms with van der Waals surface area (Å²) >= 11 is 0. The van der Waals surface area contributed by atoms with Gasteiger partial charge in [0.15, 0.2) is 5.60 Å². The minimum Gasteiger partial charge on any atom is -0.497 e. The minimum absolute atomic E-state index is 0.0211. The summed E-state index contributed by atoms with van der Waals surface area (Å²) in [5.74, 6) is -0.355. The number of carbonyl (C=O) groups excluding carboxylic acids is 3. The molecule has 2 heterocycles. The topological polar surface area (TPSA) is 152 Å². The third kappa shape index (κ3) is 9.11. The van der Waals surface area contributed by atoms with Crippen molar-refractivity contribution in [3.05, 3.63) is 125 Å². The Morgan fingerprint density at radius 1 is 0.948 bits per heavy atom. The van der Waals surface area contributed by atoms with Crippen LogP contribution < -0.4 is 24.6 Å². The fourth-order valence-corrected chi connectivity index (χ4v) is 7.77. The Kier molecular flexibility index (Phi) is 14.0. The smallest absolute Gasteiger partial charge is 0.264 e. The standard InChI is InChI=1S/C46H54N4O8/c1-4-58-38-19-20-41-35(27-38)28-40(47-22-8-9-24-51)44(54)50(41)36-16-11-15-34(26-36)31-49-42-21-18-37(57-3)29-39(42)46(56,45(49)55)32(2)12-10-17-43(53)48(23-25-52)30-33-13-6-5-7-14-33/h5-7,10-16,18-21,26-27,29,32,40,47,51-52,56H,4,8-9,17,22-25,28,30-31H2,1-3H3/b12-10+/t32-,40?,46+/m1/s1. The van der Waals surface area contributed by atoms with E-state index in [0.717, 1.165) is 34.5 Å². The second kappa shape index (κ2) is 19.3. The van der Waals surface area contributed by atoms with Crippen LogP contribution >= 0.6 is 0 Å². The molecule has 6 rings (SSSR count). The van der Waals surface area contributed by atoms with E-state index in [-0.39, 0.29) is 44.5 Å². The molecule has 0 fully saturated rings. The first-order valence-electron chi connectivity index (χ1n) is 20.0. The van der Waals surface area contributed by atoms with Crippen molar-refractivity contribution in [2.45, 2.75) is 64.3 Å². The molecule has 3 amide bonds. The normalized spacial score (nSPS) is 18.0. The largest absolute Gasteiger partial charge is 0.497 e. The van der Waals surface area contributed by atoms with Crippen LogP contribution in [0.1, 0.15) is 55.4 Å². The Morgan fingerprint density at radius 2 is 1.71 bits per heavy atom. The first-order valence-corrected chi connectivity index (χ1v) is 20.0. The molecule has 306 valence electrons. The third-order valence-electron chi connectivity index (χ3n) is 10.8. The Bertz CT molecular complexity index is 2090. The molecule has 0 bridgehead atoms. The number of methoxy groups -OCH3 is 1. The van der Waals surface area contributed by atoms with E-state index in [1.807, 2.05) is 79.7 Å². The molecule has 2 aliphatic rings. The number of nitrogens with one attached hydrogen (secondary N) is 1. The van der Waals surface area contributed by atoms with E-state index in [1.54, 1.807) is 52.0 Å². The third-order valence-corrected chi connectivity index (χ3v) is 10.8. The predicted molar refractivity (Wildman–Crippen MR) is 223 cm³/mol. The van der Waals surface area contributed by atoms with Gasteiger partial charge < -0.3 is 39.9 Å². The highest BCUT2D eigenvalue weighted by Gasteiger charge is 2.52. The molecule has 4 N–H and O–H groups in total. The van der Waals surface area contributed by atoms with E-state index in [9.17, 15) is 29.7 Å². The molecular weight excluding hydrogens is 737 g/mol. The van der Waals surface area contributed by atoms with Crippen molar-refractivity contribution in [1.82, 2.24) is 10.2 Å². The molecular formula is C46H54N4O8. The van der Waals surface area contributed by atoms with Crippen molar-refractivity contribution >= 4 is 34.8 Å². The molecule has 4 aromatic rings. The summed E-state index contributed by atoms with van der Waals surface area (Å²) in [6, 6.07) is 27.5. The first kappa shape index (κ1) is 42.1. The Morgan fingerprint density at radius 3 is 2.45 bits per heavy atom. The first-order chi connectivity index (χ1) is 28.1. The van der Waals surface area contributed by atoms with Gasteiger partial charge in [0.2, 0.25) is 11.8 Å². The highest BCUT2D eigenvalue weighted by Crippen LogP contribution is 2.47. The van der Waals surface area contributed by atoms with Crippen LogP contribution in [0.3, 0.4) is 0 Å². The molecule has 4 aromatic carbocycles. The van der Waals surface area contributed by atoms with Crippen molar-refractivity contribution in [2.24, 2.45) is 5.92 Å². The van der Waals surface area contributed by atoms with E-state index < -0.39 is 23.5 Å². The number of unbranched alkanes of at least 4 members (excludes halogenated alkanes) is 1. The number of amides is 3. The van der Waals surface area contributed by atoms with Crippen molar-refractivity contribution in [1.29, 1.82) is 0 Å². The lowest BCUT2D eigenvalue weighted by molar-refractivity contribution is -0.139. The summed E-state index contributed by atoms with van der Waals surface area (Å²) in [6.07, 6.45) is 5.23. The van der Waals surface area contributed by atoms with E-state index in [0.29, 0.717) is 55.2 Å². The summed E-state index contributed by atoms with van der Waals surface area (Å²) in [4.78, 5) is 46.8. The summed E-state index contributed by atoms with van der Waals surface area (Å²) in [7, 11) is 1.52. The second-order valence-corrected chi connectivity index (χ2v) is 14.7. The summed E-state index contributed by atoms with van der Waals surface area (Å²) in [6.45, 7) is 5.32. The number of anilines is 3. The molecule has 0 saturated carbocycles. The van der Waals surface area contributed by atoms with E-state index >= 15 is 0 Å². The number of nitrogens with zero attached hydrogens (tertiary/aromatic N) is 3. The van der Waals surface area contributed by atoms with Gasteiger partial charge in [-0.15, -0.1) is 0 Å². The average molecular weight is 791 g/mol. The van der Waals surface area contributed by atoms with Crippen LogP contribution in [0.25, 0.3) is 0 Å². The number of ether oxygens (including phenoxy) is 2. The van der Waals surface area contributed by atoms with Crippen molar-refractivity contribution < 1.29 is 39.2 Å². The highest BCUT2D eigenvalue weighted by atomic mass is 16.5. The average Bonchev–Trinajstić information content (AvgIpc) is 3.44. The van der Waals surface area contributed by atoms with Gasteiger partial charge in [-0.3, -0.25) is 19.3 Å². The van der Waals surface area contributed by atoms with Gasteiger partial charge in [0.1, 0.15) is 11.5 Å². The number of benzene rings is 4. The Labute approximate surface area is 340 Å². The van der Waals surface area contributed by atoms with Gasteiger partial charge in [-0.1, -0.05) is 61.5 Å². The molecule has 2 aliphatic heterocycles. The zero-order chi connectivity index (χ0) is 41.2.